The van der Waals surface area contributed by atoms with Gasteiger partial charge in [-0.2, -0.15) is 5.10 Å². The maximum atomic E-state index is 15.0. The highest BCUT2D eigenvalue weighted by atomic mass is 19.1. The van der Waals surface area contributed by atoms with Gasteiger partial charge in [0.1, 0.15) is 11.5 Å². The Hall–Kier alpha value is -4.08. The molecule has 1 saturated heterocycles. The third-order valence-electron chi connectivity index (χ3n) is 6.44. The van der Waals surface area contributed by atoms with Gasteiger partial charge in [-0.05, 0) is 50.5 Å². The molecule has 0 spiro atoms. The van der Waals surface area contributed by atoms with Crippen LogP contribution in [0.5, 0.6) is 0 Å². The molecule has 1 atom stereocenters. The highest BCUT2D eigenvalue weighted by Gasteiger charge is 2.25. The number of amides is 1. The summed E-state index contributed by atoms with van der Waals surface area (Å²) in [5.74, 6) is -1.91. The fourth-order valence-corrected chi connectivity index (χ4v) is 4.39. The summed E-state index contributed by atoms with van der Waals surface area (Å²) in [7, 11) is 0. The predicted molar refractivity (Wildman–Crippen MR) is 135 cm³/mol. The fraction of sp³-hybridized carbons (Fsp3) is 0.346. The van der Waals surface area contributed by atoms with E-state index in [-0.39, 0.29) is 23.1 Å². The number of aryl methyl sites for hydroxylation is 1. The number of nitrogens with one attached hydrogen (secondary N) is 2. The summed E-state index contributed by atoms with van der Waals surface area (Å²) in [5, 5.41) is 23.3. The Labute approximate surface area is 208 Å². The molecule has 3 heterocycles. The third-order valence-corrected chi connectivity index (χ3v) is 6.44. The van der Waals surface area contributed by atoms with Gasteiger partial charge in [-0.1, -0.05) is 19.8 Å². The summed E-state index contributed by atoms with van der Waals surface area (Å²) in [6.45, 7) is 4.75. The Morgan fingerprint density at radius 2 is 2.06 bits per heavy atom. The molecule has 0 aliphatic carbocycles. The smallest absolute Gasteiger partial charge is 0.338 e. The molecule has 9 nitrogen and oxygen atoms in total. The largest absolute Gasteiger partial charge is 0.478 e. The van der Waals surface area contributed by atoms with Crippen molar-refractivity contribution in [3.8, 4) is 11.3 Å². The quantitative estimate of drug-likeness (QED) is 0.329. The van der Waals surface area contributed by atoms with Crippen molar-refractivity contribution in [3.05, 3.63) is 59.3 Å². The number of carboxylic acids is 1. The highest BCUT2D eigenvalue weighted by molar-refractivity contribution is 6.07. The molecular formula is C26H29FN6O3. The normalized spacial score (nSPS) is 16.6. The number of fused-ring (bicyclic) bond motifs is 1. The van der Waals surface area contributed by atoms with Crippen molar-refractivity contribution >= 4 is 29.4 Å². The van der Waals surface area contributed by atoms with Crippen LogP contribution in [0.3, 0.4) is 0 Å². The van der Waals surface area contributed by atoms with Gasteiger partial charge in [-0.25, -0.2) is 18.7 Å². The number of hydrogen-bond donors (Lipinski definition) is 3. The number of nitrogens with zero attached hydrogens (tertiary/aromatic N) is 4. The lowest BCUT2D eigenvalue weighted by atomic mass is 10.1. The number of anilines is 1. The summed E-state index contributed by atoms with van der Waals surface area (Å²) in [5.41, 5.74) is 2.31. The standard InChI is InChI=1S/C26H29FN6O3/c1-3-19-12-23(25(34)32-10-6-4-5-7-16(32)2)30-24-13-22(31-33(19)24)20-9-8-18(11-21(20)27)29-15-17(14-28)26(35)36/h8-9,11-16,28-29H,3-7,10H2,1-2H3,(H,35,36)/b17-15+,28-14?/t16-/m1/s1. The van der Waals surface area contributed by atoms with E-state index in [4.69, 9.17) is 10.5 Å². The highest BCUT2D eigenvalue weighted by Crippen LogP contribution is 2.27. The number of halogens is 1. The average Bonchev–Trinajstić information content (AvgIpc) is 3.17. The number of rotatable bonds is 7. The van der Waals surface area contributed by atoms with Gasteiger partial charge in [0.05, 0.1) is 11.3 Å². The van der Waals surface area contributed by atoms with Gasteiger partial charge < -0.3 is 20.7 Å². The number of carboxylic acid groups (broad SMARTS) is 1. The van der Waals surface area contributed by atoms with E-state index in [0.29, 0.717) is 41.9 Å². The van der Waals surface area contributed by atoms with Crippen molar-refractivity contribution in [1.29, 1.82) is 5.41 Å². The fourth-order valence-electron chi connectivity index (χ4n) is 4.39. The minimum Gasteiger partial charge on any atom is -0.478 e. The predicted octanol–water partition coefficient (Wildman–Crippen LogP) is 4.53. The van der Waals surface area contributed by atoms with Crippen molar-refractivity contribution in [3.63, 3.8) is 0 Å². The summed E-state index contributed by atoms with van der Waals surface area (Å²) in [6, 6.07) is 7.93. The topological polar surface area (TPSA) is 124 Å². The molecule has 1 fully saturated rings. The van der Waals surface area contributed by atoms with E-state index in [2.05, 4.69) is 22.3 Å². The lowest BCUT2D eigenvalue weighted by Crippen LogP contribution is -2.38. The molecule has 3 aromatic rings. The van der Waals surface area contributed by atoms with Crippen molar-refractivity contribution < 1.29 is 19.1 Å². The van der Waals surface area contributed by atoms with Gasteiger partial charge in [0.2, 0.25) is 0 Å². The first-order chi connectivity index (χ1) is 17.3. The van der Waals surface area contributed by atoms with Gasteiger partial charge >= 0.3 is 5.97 Å². The van der Waals surface area contributed by atoms with Crippen LogP contribution in [-0.2, 0) is 11.2 Å². The number of carbonyl (C=O) groups is 2. The van der Waals surface area contributed by atoms with Crippen LogP contribution >= 0.6 is 0 Å². The van der Waals surface area contributed by atoms with Gasteiger partial charge in [0.25, 0.3) is 5.91 Å². The molecule has 36 heavy (non-hydrogen) atoms. The minimum atomic E-state index is -1.26. The number of benzene rings is 1. The molecule has 1 amide bonds. The Morgan fingerprint density at radius 3 is 2.75 bits per heavy atom. The van der Waals surface area contributed by atoms with Crippen LogP contribution in [0, 0.1) is 11.2 Å². The van der Waals surface area contributed by atoms with E-state index in [1.54, 1.807) is 22.7 Å². The van der Waals surface area contributed by atoms with E-state index in [9.17, 15) is 14.0 Å². The molecule has 10 heteroatoms. The van der Waals surface area contributed by atoms with Crippen LogP contribution in [-0.4, -0.2) is 55.3 Å². The lowest BCUT2D eigenvalue weighted by Gasteiger charge is -2.27. The van der Waals surface area contributed by atoms with Crippen molar-refractivity contribution in [2.24, 2.45) is 0 Å². The molecular weight excluding hydrogens is 463 g/mol. The number of carbonyl (C=O) groups excluding carboxylic acids is 1. The summed E-state index contributed by atoms with van der Waals surface area (Å²) < 4.78 is 16.6. The van der Waals surface area contributed by atoms with E-state index in [0.717, 1.165) is 37.6 Å². The van der Waals surface area contributed by atoms with Crippen LogP contribution < -0.4 is 5.32 Å². The first-order valence-electron chi connectivity index (χ1n) is 12.0. The second-order valence-corrected chi connectivity index (χ2v) is 8.87. The monoisotopic (exact) mass is 492 g/mol. The van der Waals surface area contributed by atoms with Gasteiger partial charge in [-0.15, -0.1) is 0 Å². The van der Waals surface area contributed by atoms with Crippen molar-refractivity contribution in [1.82, 2.24) is 19.5 Å². The Kier molecular flexibility index (Phi) is 7.42. The minimum absolute atomic E-state index is 0.0929. The summed E-state index contributed by atoms with van der Waals surface area (Å²) >= 11 is 0. The zero-order valence-electron chi connectivity index (χ0n) is 20.3. The molecule has 0 radical (unpaired) electrons. The molecule has 1 aromatic carbocycles. The summed E-state index contributed by atoms with van der Waals surface area (Å²) in [6.07, 6.45) is 6.62. The first-order valence-corrected chi connectivity index (χ1v) is 12.0. The molecule has 1 aliphatic heterocycles. The molecule has 188 valence electrons. The molecule has 0 saturated carbocycles. The van der Waals surface area contributed by atoms with Crippen LogP contribution in [0.1, 0.15) is 55.7 Å². The van der Waals surface area contributed by atoms with Crippen molar-refractivity contribution in [2.45, 2.75) is 52.0 Å². The van der Waals surface area contributed by atoms with E-state index < -0.39 is 11.8 Å². The Morgan fingerprint density at radius 1 is 1.25 bits per heavy atom. The van der Waals surface area contributed by atoms with Gasteiger partial charge in [0, 0.05) is 48.0 Å². The molecule has 0 unspecified atom stereocenters. The number of aliphatic carboxylic acids is 1. The van der Waals surface area contributed by atoms with E-state index >= 15 is 0 Å². The van der Waals surface area contributed by atoms with E-state index in [1.807, 2.05) is 11.8 Å². The van der Waals surface area contributed by atoms with Crippen molar-refractivity contribution in [2.75, 3.05) is 11.9 Å². The Balaban J connectivity index is 1.66. The first kappa shape index (κ1) is 25.0. The third kappa shape index (κ3) is 5.12. The second-order valence-electron chi connectivity index (χ2n) is 8.87. The molecule has 0 bridgehead atoms. The Bertz CT molecular complexity index is 1350. The average molecular weight is 493 g/mol. The molecule has 2 aromatic heterocycles. The summed E-state index contributed by atoms with van der Waals surface area (Å²) in [4.78, 5) is 30.8. The second kappa shape index (κ2) is 10.7. The number of aromatic nitrogens is 3. The molecule has 3 N–H and O–H groups in total. The zero-order valence-corrected chi connectivity index (χ0v) is 20.3. The van der Waals surface area contributed by atoms with Crippen LogP contribution in [0.2, 0.25) is 0 Å². The maximum absolute atomic E-state index is 15.0. The van der Waals surface area contributed by atoms with Crippen LogP contribution in [0.4, 0.5) is 10.1 Å². The molecule has 4 rings (SSSR count). The van der Waals surface area contributed by atoms with Crippen LogP contribution in [0.25, 0.3) is 16.9 Å². The van der Waals surface area contributed by atoms with Gasteiger partial charge in [0.15, 0.2) is 5.65 Å². The number of likely N-dealkylation sites (tertiary alicyclic amines) is 1. The lowest BCUT2D eigenvalue weighted by molar-refractivity contribution is -0.132. The SMILES string of the molecule is CCc1cc(C(=O)N2CCCCC[C@H]2C)nc2cc(-c3ccc(N/C=C(\C=N)C(=O)O)cc3F)nn12. The van der Waals surface area contributed by atoms with E-state index in [1.165, 1.54) is 12.1 Å². The van der Waals surface area contributed by atoms with Gasteiger partial charge in [-0.3, -0.25) is 4.79 Å². The van der Waals surface area contributed by atoms with Crippen LogP contribution in [0.15, 0.2) is 42.1 Å². The molecule has 1 aliphatic rings. The number of hydrogen-bond acceptors (Lipinski definition) is 6. The zero-order chi connectivity index (χ0) is 25.8. The maximum Gasteiger partial charge on any atom is 0.338 e.